The van der Waals surface area contributed by atoms with Crippen LogP contribution in [-0.2, 0) is 4.74 Å². The van der Waals surface area contributed by atoms with Crippen LogP contribution >= 0.6 is 0 Å². The Balaban J connectivity index is 1.37. The molecular formula is C26H19NO5. The number of nitrogens with one attached hydrogen (secondary N) is 1. The number of anilines is 1. The van der Waals surface area contributed by atoms with Crippen molar-refractivity contribution in [3.63, 3.8) is 0 Å². The second-order valence-electron chi connectivity index (χ2n) is 7.49. The van der Waals surface area contributed by atoms with Gasteiger partial charge < -0.3 is 14.3 Å². The molecule has 2 N–H and O–H groups in total. The van der Waals surface area contributed by atoms with E-state index < -0.39 is 12.1 Å². The first-order valence-corrected chi connectivity index (χ1v) is 10.1. The van der Waals surface area contributed by atoms with Crippen LogP contribution in [0.2, 0.25) is 0 Å². The number of furan rings is 1. The van der Waals surface area contributed by atoms with Gasteiger partial charge in [-0.15, -0.1) is 0 Å². The molecule has 0 unspecified atom stereocenters. The smallest absolute Gasteiger partial charge is 0.411 e. The zero-order chi connectivity index (χ0) is 22.1. The molecule has 0 saturated carbocycles. The van der Waals surface area contributed by atoms with Crippen LogP contribution in [0.4, 0.5) is 10.5 Å². The van der Waals surface area contributed by atoms with Crippen LogP contribution in [0.15, 0.2) is 89.5 Å². The summed E-state index contributed by atoms with van der Waals surface area (Å²) in [7, 11) is 0. The average Bonchev–Trinajstić information content (AvgIpc) is 3.44. The summed E-state index contributed by atoms with van der Waals surface area (Å²) in [5, 5.41) is 12.0. The summed E-state index contributed by atoms with van der Waals surface area (Å²) in [5.41, 5.74) is 5.44. The first-order chi connectivity index (χ1) is 15.6. The molecule has 3 aromatic carbocycles. The summed E-state index contributed by atoms with van der Waals surface area (Å²) in [6, 6.07) is 24.1. The summed E-state index contributed by atoms with van der Waals surface area (Å²) in [6.45, 7) is 0.161. The third kappa shape index (κ3) is 3.52. The monoisotopic (exact) mass is 425 g/mol. The quantitative estimate of drug-likeness (QED) is 0.409. The van der Waals surface area contributed by atoms with Crippen molar-refractivity contribution in [3.8, 4) is 22.5 Å². The van der Waals surface area contributed by atoms with E-state index in [0.717, 1.165) is 22.3 Å². The van der Waals surface area contributed by atoms with Gasteiger partial charge in [0.05, 0.1) is 17.5 Å². The predicted octanol–water partition coefficient (Wildman–Crippen LogP) is 6.01. The molecule has 5 rings (SSSR count). The number of ether oxygens (including phenoxy) is 1. The van der Waals surface area contributed by atoms with Gasteiger partial charge in [-0.05, 0) is 52.6 Å². The molecule has 0 fully saturated rings. The van der Waals surface area contributed by atoms with E-state index in [4.69, 9.17) is 9.15 Å². The number of hydrogen-bond donors (Lipinski definition) is 2. The lowest BCUT2D eigenvalue weighted by Gasteiger charge is -2.15. The number of amides is 1. The second-order valence-corrected chi connectivity index (χ2v) is 7.49. The van der Waals surface area contributed by atoms with E-state index in [2.05, 4.69) is 17.4 Å². The van der Waals surface area contributed by atoms with E-state index in [-0.39, 0.29) is 18.1 Å². The molecule has 0 spiro atoms. The van der Waals surface area contributed by atoms with Crippen LogP contribution in [0.3, 0.4) is 0 Å². The Hall–Kier alpha value is -4.32. The number of carboxylic acid groups (broad SMARTS) is 1. The van der Waals surface area contributed by atoms with Crippen molar-refractivity contribution in [1.82, 2.24) is 0 Å². The van der Waals surface area contributed by atoms with Crippen LogP contribution in [0, 0.1) is 0 Å². The fourth-order valence-electron chi connectivity index (χ4n) is 4.17. The number of carboxylic acids is 1. The third-order valence-electron chi connectivity index (χ3n) is 5.63. The first kappa shape index (κ1) is 19.6. The number of carbonyl (C=O) groups is 2. The molecule has 1 heterocycles. The number of carbonyl (C=O) groups excluding carboxylic acids is 1. The lowest BCUT2D eigenvalue weighted by atomic mass is 9.98. The molecule has 0 saturated heterocycles. The molecule has 0 bridgehead atoms. The Morgan fingerprint density at radius 3 is 2.19 bits per heavy atom. The summed E-state index contributed by atoms with van der Waals surface area (Å²) >= 11 is 0. The minimum atomic E-state index is -1.09. The van der Waals surface area contributed by atoms with Crippen molar-refractivity contribution in [2.45, 2.75) is 5.92 Å². The van der Waals surface area contributed by atoms with Crippen LogP contribution in [0.25, 0.3) is 22.5 Å². The molecular weight excluding hydrogens is 406 g/mol. The maximum atomic E-state index is 12.7. The van der Waals surface area contributed by atoms with Gasteiger partial charge in [-0.1, -0.05) is 48.5 Å². The molecule has 32 heavy (non-hydrogen) atoms. The largest absolute Gasteiger partial charge is 0.478 e. The summed E-state index contributed by atoms with van der Waals surface area (Å²) < 4.78 is 11.0. The summed E-state index contributed by atoms with van der Waals surface area (Å²) in [4.78, 5) is 24.1. The molecule has 0 radical (unpaired) electrons. The Morgan fingerprint density at radius 1 is 0.875 bits per heavy atom. The Morgan fingerprint density at radius 2 is 1.56 bits per heavy atom. The molecule has 6 heteroatoms. The number of hydrogen-bond acceptors (Lipinski definition) is 4. The topological polar surface area (TPSA) is 88.8 Å². The van der Waals surface area contributed by atoms with Crippen molar-refractivity contribution < 1.29 is 23.8 Å². The van der Waals surface area contributed by atoms with E-state index in [1.165, 1.54) is 18.4 Å². The lowest BCUT2D eigenvalue weighted by molar-refractivity contribution is 0.0696. The summed E-state index contributed by atoms with van der Waals surface area (Å²) in [6.07, 6.45) is 0.847. The molecule has 4 aromatic rings. The van der Waals surface area contributed by atoms with E-state index >= 15 is 0 Å². The zero-order valence-electron chi connectivity index (χ0n) is 16.9. The summed E-state index contributed by atoms with van der Waals surface area (Å²) in [5.74, 6) is -0.648. The number of benzene rings is 3. The van der Waals surface area contributed by atoms with E-state index in [1.807, 2.05) is 36.4 Å². The highest BCUT2D eigenvalue weighted by molar-refractivity contribution is 5.96. The highest BCUT2D eigenvalue weighted by atomic mass is 16.5. The van der Waals surface area contributed by atoms with Gasteiger partial charge in [-0.3, -0.25) is 5.32 Å². The fourth-order valence-corrected chi connectivity index (χ4v) is 4.17. The zero-order valence-corrected chi connectivity index (χ0v) is 16.9. The van der Waals surface area contributed by atoms with Crippen molar-refractivity contribution in [2.75, 3.05) is 11.9 Å². The van der Waals surface area contributed by atoms with Gasteiger partial charge in [0.15, 0.2) is 0 Å². The predicted molar refractivity (Wildman–Crippen MR) is 120 cm³/mol. The van der Waals surface area contributed by atoms with Crippen LogP contribution in [0.5, 0.6) is 0 Å². The molecule has 158 valence electrons. The van der Waals surface area contributed by atoms with Crippen LogP contribution < -0.4 is 5.32 Å². The number of aromatic carboxylic acids is 1. The molecule has 1 aliphatic carbocycles. The van der Waals surface area contributed by atoms with Crippen LogP contribution in [-0.4, -0.2) is 23.8 Å². The molecule has 1 amide bonds. The normalized spacial score (nSPS) is 12.1. The lowest BCUT2D eigenvalue weighted by Crippen LogP contribution is -2.18. The number of fused-ring (bicyclic) bond motifs is 3. The maximum absolute atomic E-state index is 12.7. The van der Waals surface area contributed by atoms with Gasteiger partial charge >= 0.3 is 12.1 Å². The maximum Gasteiger partial charge on any atom is 0.411 e. The molecule has 0 aliphatic heterocycles. The first-order valence-electron chi connectivity index (χ1n) is 10.1. The van der Waals surface area contributed by atoms with E-state index in [9.17, 15) is 14.7 Å². The SMILES string of the molecule is O=C(Nc1cc(C(=O)O)ccc1-c1ccco1)OCC1c2ccccc2-c2ccccc21. The Bertz CT molecular complexity index is 1260. The minimum Gasteiger partial charge on any atom is -0.478 e. The van der Waals surface area contributed by atoms with Gasteiger partial charge in [-0.2, -0.15) is 0 Å². The van der Waals surface area contributed by atoms with Crippen LogP contribution in [0.1, 0.15) is 27.4 Å². The second kappa shape index (κ2) is 8.07. The molecule has 1 aliphatic rings. The standard InChI is InChI=1S/C26H19NO5/c28-25(29)16-11-12-21(24-10-5-13-31-24)23(14-16)27-26(30)32-15-22-19-8-3-1-6-17(19)18-7-2-4-9-20(18)22/h1-14,22H,15H2,(H,27,30)(H,28,29). The molecule has 1 aromatic heterocycles. The van der Waals surface area contributed by atoms with Gasteiger partial charge in [0.1, 0.15) is 12.4 Å². The fraction of sp³-hybridized carbons (Fsp3) is 0.0769. The third-order valence-corrected chi connectivity index (χ3v) is 5.63. The molecule has 0 atom stereocenters. The van der Waals surface area contributed by atoms with Crippen molar-refractivity contribution in [3.05, 3.63) is 102 Å². The minimum absolute atomic E-state index is 0.0502. The van der Waals surface area contributed by atoms with Gasteiger partial charge in [0.25, 0.3) is 0 Å². The number of rotatable bonds is 5. The van der Waals surface area contributed by atoms with Gasteiger partial charge in [-0.25, -0.2) is 9.59 Å². The van der Waals surface area contributed by atoms with Gasteiger partial charge in [0, 0.05) is 11.5 Å². The Labute approximate surface area is 184 Å². The molecule has 6 nitrogen and oxygen atoms in total. The average molecular weight is 425 g/mol. The van der Waals surface area contributed by atoms with E-state index in [0.29, 0.717) is 17.0 Å². The highest BCUT2D eigenvalue weighted by Crippen LogP contribution is 2.44. The van der Waals surface area contributed by atoms with Gasteiger partial charge in [0.2, 0.25) is 0 Å². The Kier molecular flexibility index (Phi) is 4.95. The van der Waals surface area contributed by atoms with Crippen molar-refractivity contribution >= 4 is 17.7 Å². The van der Waals surface area contributed by atoms with E-state index in [1.54, 1.807) is 18.2 Å². The highest BCUT2D eigenvalue weighted by Gasteiger charge is 2.29. The van der Waals surface area contributed by atoms with Crippen molar-refractivity contribution in [1.29, 1.82) is 0 Å². The van der Waals surface area contributed by atoms with Crippen molar-refractivity contribution in [2.24, 2.45) is 0 Å².